The molecule has 1 fully saturated rings. The average molecular weight is 343 g/mol. The number of urea groups is 1. The van der Waals surface area contributed by atoms with Gasteiger partial charge in [0.25, 0.3) is 0 Å². The Labute approximate surface area is 147 Å². The lowest BCUT2D eigenvalue weighted by Crippen LogP contribution is -2.40. The summed E-state index contributed by atoms with van der Waals surface area (Å²) >= 11 is 0. The molecule has 2 amide bonds. The molecule has 4 N–H and O–H groups in total. The van der Waals surface area contributed by atoms with Gasteiger partial charge in [0.15, 0.2) is 0 Å². The van der Waals surface area contributed by atoms with Crippen LogP contribution in [0.25, 0.3) is 5.69 Å². The molecular weight excluding hydrogens is 318 g/mol. The molecule has 1 unspecified atom stereocenters. The quantitative estimate of drug-likeness (QED) is 0.669. The summed E-state index contributed by atoms with van der Waals surface area (Å²) in [5, 5.41) is 10.2. The van der Waals surface area contributed by atoms with Crippen LogP contribution in [-0.2, 0) is 11.2 Å². The van der Waals surface area contributed by atoms with Crippen molar-refractivity contribution in [1.29, 1.82) is 0 Å². The number of aryl methyl sites for hydroxylation is 1. The van der Waals surface area contributed by atoms with Crippen molar-refractivity contribution >= 4 is 11.8 Å². The van der Waals surface area contributed by atoms with Crippen LogP contribution >= 0.6 is 0 Å². The highest BCUT2D eigenvalue weighted by Crippen LogP contribution is 2.15. The number of anilines is 1. The summed E-state index contributed by atoms with van der Waals surface area (Å²) < 4.78 is 7.21. The number of nitrogen functional groups attached to an aromatic ring is 1. The van der Waals surface area contributed by atoms with Gasteiger partial charge in [0, 0.05) is 25.8 Å². The van der Waals surface area contributed by atoms with Crippen LogP contribution in [0.5, 0.6) is 0 Å². The first kappa shape index (κ1) is 17.3. The summed E-state index contributed by atoms with van der Waals surface area (Å²) in [7, 11) is 0. The third kappa shape index (κ3) is 4.96. The molecule has 1 aromatic heterocycles. The van der Waals surface area contributed by atoms with Gasteiger partial charge in [-0.25, -0.2) is 9.48 Å². The first-order chi connectivity index (χ1) is 12.2. The fourth-order valence-electron chi connectivity index (χ4n) is 2.89. The third-order valence-corrected chi connectivity index (χ3v) is 4.20. The second kappa shape index (κ2) is 8.53. The van der Waals surface area contributed by atoms with Crippen LogP contribution in [0.2, 0.25) is 0 Å². The second-order valence-corrected chi connectivity index (χ2v) is 6.18. The number of aromatic nitrogens is 2. The number of carbonyl (C=O) groups excluding carboxylic acids is 1. The predicted octanol–water partition coefficient (Wildman–Crippen LogP) is 1.87. The molecule has 7 nitrogen and oxygen atoms in total. The second-order valence-electron chi connectivity index (χ2n) is 6.18. The van der Waals surface area contributed by atoms with Gasteiger partial charge in [-0.1, -0.05) is 18.2 Å². The zero-order valence-corrected chi connectivity index (χ0v) is 14.3. The maximum Gasteiger partial charge on any atom is 0.314 e. The van der Waals surface area contributed by atoms with Crippen LogP contribution in [0.3, 0.4) is 0 Å². The lowest BCUT2D eigenvalue weighted by Gasteiger charge is -2.11. The van der Waals surface area contributed by atoms with Gasteiger partial charge in [-0.05, 0) is 37.8 Å². The number of nitrogens with zero attached hydrogens (tertiary/aromatic N) is 2. The Balaban J connectivity index is 1.38. The van der Waals surface area contributed by atoms with E-state index in [1.54, 1.807) is 4.68 Å². The highest BCUT2D eigenvalue weighted by Gasteiger charge is 2.15. The zero-order valence-electron chi connectivity index (χ0n) is 14.3. The van der Waals surface area contributed by atoms with Crippen molar-refractivity contribution in [3.8, 4) is 5.69 Å². The van der Waals surface area contributed by atoms with Gasteiger partial charge in [-0.15, -0.1) is 0 Å². The van der Waals surface area contributed by atoms with E-state index in [1.165, 1.54) is 0 Å². The van der Waals surface area contributed by atoms with Crippen LogP contribution < -0.4 is 16.4 Å². The van der Waals surface area contributed by atoms with Crippen LogP contribution in [-0.4, -0.2) is 41.6 Å². The Bertz CT molecular complexity index is 680. The van der Waals surface area contributed by atoms with Gasteiger partial charge < -0.3 is 21.1 Å². The van der Waals surface area contributed by atoms with Crippen molar-refractivity contribution in [3.63, 3.8) is 0 Å². The van der Waals surface area contributed by atoms with E-state index in [0.717, 1.165) is 43.7 Å². The molecule has 25 heavy (non-hydrogen) atoms. The minimum absolute atomic E-state index is 0.148. The van der Waals surface area contributed by atoms with Crippen molar-refractivity contribution in [2.24, 2.45) is 0 Å². The van der Waals surface area contributed by atoms with E-state index in [1.807, 2.05) is 36.4 Å². The summed E-state index contributed by atoms with van der Waals surface area (Å²) in [5.74, 6) is 0.614. The highest BCUT2D eigenvalue weighted by molar-refractivity contribution is 5.73. The largest absolute Gasteiger partial charge is 0.384 e. The molecule has 3 rings (SSSR count). The summed E-state index contributed by atoms with van der Waals surface area (Å²) in [6.45, 7) is 1.96. The van der Waals surface area contributed by atoms with Gasteiger partial charge in [0.05, 0.1) is 17.5 Å². The lowest BCUT2D eigenvalue weighted by molar-refractivity contribution is 0.111. The maximum atomic E-state index is 11.7. The van der Waals surface area contributed by atoms with Crippen molar-refractivity contribution in [2.45, 2.75) is 31.8 Å². The number of nitrogens with two attached hydrogens (primary N) is 1. The summed E-state index contributed by atoms with van der Waals surface area (Å²) in [5.41, 5.74) is 7.90. The Kier molecular flexibility index (Phi) is 5.90. The van der Waals surface area contributed by atoms with Crippen molar-refractivity contribution < 1.29 is 9.53 Å². The predicted molar refractivity (Wildman–Crippen MR) is 96.7 cm³/mol. The van der Waals surface area contributed by atoms with Gasteiger partial charge in [-0.2, -0.15) is 5.10 Å². The van der Waals surface area contributed by atoms with Crippen LogP contribution in [0.4, 0.5) is 10.6 Å². The van der Waals surface area contributed by atoms with E-state index in [0.29, 0.717) is 18.9 Å². The van der Waals surface area contributed by atoms with E-state index in [4.69, 9.17) is 10.5 Å². The van der Waals surface area contributed by atoms with E-state index in [9.17, 15) is 4.79 Å². The summed E-state index contributed by atoms with van der Waals surface area (Å²) in [6, 6.07) is 11.5. The van der Waals surface area contributed by atoms with E-state index < -0.39 is 0 Å². The van der Waals surface area contributed by atoms with Crippen molar-refractivity contribution in [2.75, 3.05) is 25.4 Å². The Morgan fingerprint density at radius 1 is 1.32 bits per heavy atom. The molecule has 0 aliphatic carbocycles. The summed E-state index contributed by atoms with van der Waals surface area (Å²) in [4.78, 5) is 11.7. The number of benzene rings is 1. The molecule has 0 spiro atoms. The Morgan fingerprint density at radius 2 is 2.16 bits per heavy atom. The molecule has 7 heteroatoms. The number of ether oxygens (including phenoxy) is 1. The Hall–Kier alpha value is -2.54. The number of rotatable bonds is 7. The minimum atomic E-state index is -0.148. The van der Waals surface area contributed by atoms with Gasteiger partial charge in [0.1, 0.15) is 5.82 Å². The van der Waals surface area contributed by atoms with Crippen LogP contribution in [0.1, 0.15) is 25.0 Å². The summed E-state index contributed by atoms with van der Waals surface area (Å²) in [6.07, 6.45) is 3.82. The zero-order chi connectivity index (χ0) is 17.5. The topological polar surface area (TPSA) is 94.2 Å². The number of hydrogen-bond acceptors (Lipinski definition) is 4. The number of hydrogen-bond donors (Lipinski definition) is 3. The van der Waals surface area contributed by atoms with Crippen LogP contribution in [0, 0.1) is 0 Å². The molecule has 0 radical (unpaired) electrons. The smallest absolute Gasteiger partial charge is 0.314 e. The van der Waals surface area contributed by atoms with Gasteiger partial charge >= 0.3 is 6.03 Å². The highest BCUT2D eigenvalue weighted by atomic mass is 16.5. The Morgan fingerprint density at radius 3 is 2.92 bits per heavy atom. The van der Waals surface area contributed by atoms with Crippen LogP contribution in [0.15, 0.2) is 36.4 Å². The molecule has 0 bridgehead atoms. The van der Waals surface area contributed by atoms with Gasteiger partial charge in [-0.3, -0.25) is 0 Å². The van der Waals surface area contributed by atoms with E-state index >= 15 is 0 Å². The average Bonchev–Trinajstić information content (AvgIpc) is 3.27. The minimum Gasteiger partial charge on any atom is -0.384 e. The fourth-order valence-corrected chi connectivity index (χ4v) is 2.89. The normalized spacial score (nSPS) is 16.7. The molecule has 1 aromatic carbocycles. The van der Waals surface area contributed by atoms with E-state index in [2.05, 4.69) is 15.7 Å². The number of amides is 2. The molecule has 134 valence electrons. The molecule has 1 atom stereocenters. The molecule has 1 aliphatic heterocycles. The number of nitrogens with one attached hydrogen (secondary N) is 2. The fraction of sp³-hybridized carbons (Fsp3) is 0.444. The monoisotopic (exact) mass is 343 g/mol. The first-order valence-corrected chi connectivity index (χ1v) is 8.75. The number of para-hydroxylation sites is 1. The molecule has 1 saturated heterocycles. The van der Waals surface area contributed by atoms with Crippen molar-refractivity contribution in [3.05, 3.63) is 42.1 Å². The first-order valence-electron chi connectivity index (χ1n) is 8.75. The molecule has 1 aliphatic rings. The SMILES string of the molecule is Nc1cc(CCCNC(=O)NCC2CCCO2)nn1-c1ccccc1. The third-order valence-electron chi connectivity index (χ3n) is 4.20. The maximum absolute atomic E-state index is 11.7. The van der Waals surface area contributed by atoms with E-state index in [-0.39, 0.29) is 12.1 Å². The van der Waals surface area contributed by atoms with Crippen molar-refractivity contribution in [1.82, 2.24) is 20.4 Å². The molecule has 2 heterocycles. The lowest BCUT2D eigenvalue weighted by atomic mass is 10.2. The molecule has 2 aromatic rings. The molecular formula is C18H25N5O2. The van der Waals surface area contributed by atoms with Gasteiger partial charge in [0.2, 0.25) is 0 Å². The molecule has 0 saturated carbocycles. The standard InChI is InChI=1S/C18H25N5O2/c19-17-12-14(22-23(17)15-7-2-1-3-8-15)6-4-10-20-18(24)21-13-16-9-5-11-25-16/h1-3,7-8,12,16H,4-6,9-11,13,19H2,(H2,20,21,24). The number of carbonyl (C=O) groups is 1.